The minimum Gasteiger partial charge on any atom is -0.479 e. The van der Waals surface area contributed by atoms with Crippen molar-refractivity contribution in [1.82, 2.24) is 10.6 Å². The number of aliphatic carboxylic acids is 1. The molecule has 1 aliphatic rings. The number of carbonyl (C=O) groups excluding carboxylic acids is 1. The summed E-state index contributed by atoms with van der Waals surface area (Å²) in [6.07, 6.45) is 0.422. The zero-order valence-corrected chi connectivity index (χ0v) is 10.4. The van der Waals surface area contributed by atoms with Crippen LogP contribution in [0.25, 0.3) is 0 Å². The third-order valence-corrected chi connectivity index (χ3v) is 3.01. The van der Waals surface area contributed by atoms with E-state index in [1.54, 1.807) is 0 Å². The molecule has 3 unspecified atom stereocenters. The van der Waals surface area contributed by atoms with E-state index in [0.29, 0.717) is 19.1 Å². The van der Waals surface area contributed by atoms with Gasteiger partial charge in [0, 0.05) is 19.1 Å². The minimum atomic E-state index is -1.58. The van der Waals surface area contributed by atoms with Crippen LogP contribution in [0.4, 0.5) is 4.79 Å². The van der Waals surface area contributed by atoms with E-state index in [0.717, 1.165) is 12.8 Å². The molecule has 0 aromatic carbocycles. The average Bonchev–Trinajstić information content (AvgIpc) is 2.80. The molecular weight excluding hydrogens is 240 g/mol. The van der Waals surface area contributed by atoms with E-state index < -0.39 is 18.1 Å². The highest BCUT2D eigenvalue weighted by atomic mass is 16.5. The van der Waals surface area contributed by atoms with Crippen LogP contribution in [0.3, 0.4) is 0 Å². The van der Waals surface area contributed by atoms with Crippen LogP contribution in [0.15, 0.2) is 0 Å². The smallest absolute Gasteiger partial charge is 0.334 e. The number of nitrogens with one attached hydrogen (secondary N) is 2. The molecule has 1 saturated heterocycles. The predicted molar refractivity (Wildman–Crippen MR) is 63.2 cm³/mol. The van der Waals surface area contributed by atoms with E-state index >= 15 is 0 Å². The second-order valence-electron chi connectivity index (χ2n) is 4.31. The fourth-order valence-electron chi connectivity index (χ4n) is 1.94. The maximum Gasteiger partial charge on any atom is 0.334 e. The van der Waals surface area contributed by atoms with Crippen LogP contribution in [0, 0.1) is 5.92 Å². The zero-order chi connectivity index (χ0) is 13.5. The molecular formula is C11H20N2O5. The predicted octanol–water partition coefficient (Wildman–Crippen LogP) is -0.454. The Kier molecular flexibility index (Phi) is 5.87. The molecule has 0 aliphatic carbocycles. The Labute approximate surface area is 106 Å². The number of hydrogen-bond donors (Lipinski definition) is 4. The van der Waals surface area contributed by atoms with E-state index in [2.05, 4.69) is 10.6 Å². The van der Waals surface area contributed by atoms with Gasteiger partial charge in [-0.2, -0.15) is 0 Å². The first-order valence-electron chi connectivity index (χ1n) is 6.08. The molecule has 0 bridgehead atoms. The molecule has 1 aliphatic heterocycles. The summed E-state index contributed by atoms with van der Waals surface area (Å²) in [4.78, 5) is 21.7. The number of ether oxygens (including phenoxy) is 1. The first-order chi connectivity index (χ1) is 8.54. The Hall–Kier alpha value is -1.34. The maximum absolute atomic E-state index is 11.4. The van der Waals surface area contributed by atoms with Gasteiger partial charge in [0.1, 0.15) is 0 Å². The lowest BCUT2D eigenvalue weighted by Gasteiger charge is -2.17. The van der Waals surface area contributed by atoms with Crippen LogP contribution >= 0.6 is 0 Å². The Bertz CT molecular complexity index is 297. The molecule has 0 aromatic rings. The standard InChI is InChI=1S/C11H20N2O5/c1-2-9-7(3-4-18-9)5-12-11(17)13-6-8(14)10(15)16/h7-9,14H,2-6H2,1H3,(H,15,16)(H2,12,13,17). The molecule has 1 fully saturated rings. The number of hydrogen-bond acceptors (Lipinski definition) is 4. The molecule has 104 valence electrons. The van der Waals surface area contributed by atoms with Gasteiger partial charge in [-0.1, -0.05) is 6.92 Å². The molecule has 0 radical (unpaired) electrons. The number of carboxylic acids is 1. The third kappa shape index (κ3) is 4.50. The molecule has 1 rings (SSSR count). The Morgan fingerprint density at radius 1 is 1.44 bits per heavy atom. The summed E-state index contributed by atoms with van der Waals surface area (Å²) in [7, 11) is 0. The van der Waals surface area contributed by atoms with Crippen molar-refractivity contribution < 1.29 is 24.5 Å². The summed E-state index contributed by atoms with van der Waals surface area (Å²) in [5.41, 5.74) is 0. The number of rotatable bonds is 6. The Balaban J connectivity index is 2.19. The fourth-order valence-corrected chi connectivity index (χ4v) is 1.94. The van der Waals surface area contributed by atoms with Crippen LogP contribution in [0.5, 0.6) is 0 Å². The monoisotopic (exact) mass is 260 g/mol. The third-order valence-electron chi connectivity index (χ3n) is 3.01. The summed E-state index contributed by atoms with van der Waals surface area (Å²) in [6, 6.07) is -0.475. The van der Waals surface area contributed by atoms with Crippen molar-refractivity contribution in [3.05, 3.63) is 0 Å². The summed E-state index contributed by atoms with van der Waals surface area (Å²) in [5, 5.41) is 22.3. The summed E-state index contributed by atoms with van der Waals surface area (Å²) in [6.45, 7) is 2.93. The van der Waals surface area contributed by atoms with Gasteiger partial charge in [-0.25, -0.2) is 9.59 Å². The van der Waals surface area contributed by atoms with Crippen LogP contribution in [0.2, 0.25) is 0 Å². The van der Waals surface area contributed by atoms with Crippen molar-refractivity contribution in [3.63, 3.8) is 0 Å². The van der Waals surface area contributed by atoms with Crippen LogP contribution in [0.1, 0.15) is 19.8 Å². The lowest BCUT2D eigenvalue weighted by Crippen LogP contribution is -2.44. The van der Waals surface area contributed by atoms with Gasteiger partial charge in [0.2, 0.25) is 0 Å². The molecule has 7 nitrogen and oxygen atoms in total. The number of aliphatic hydroxyl groups excluding tert-OH is 1. The van der Waals surface area contributed by atoms with Gasteiger partial charge in [-0.3, -0.25) is 0 Å². The van der Waals surface area contributed by atoms with Crippen molar-refractivity contribution in [3.8, 4) is 0 Å². The van der Waals surface area contributed by atoms with E-state index in [-0.39, 0.29) is 12.6 Å². The highest BCUT2D eigenvalue weighted by molar-refractivity contribution is 5.76. The van der Waals surface area contributed by atoms with E-state index in [9.17, 15) is 9.59 Å². The molecule has 0 aromatic heterocycles. The van der Waals surface area contributed by atoms with Gasteiger partial charge in [0.25, 0.3) is 0 Å². The number of urea groups is 1. The Morgan fingerprint density at radius 2 is 2.17 bits per heavy atom. The van der Waals surface area contributed by atoms with Crippen molar-refractivity contribution in [2.24, 2.45) is 5.92 Å². The lowest BCUT2D eigenvalue weighted by molar-refractivity contribution is -0.146. The van der Waals surface area contributed by atoms with Gasteiger partial charge in [-0.15, -0.1) is 0 Å². The Morgan fingerprint density at radius 3 is 2.78 bits per heavy atom. The number of aliphatic hydroxyl groups is 1. The number of carbonyl (C=O) groups is 2. The fraction of sp³-hybridized carbons (Fsp3) is 0.818. The number of carboxylic acid groups (broad SMARTS) is 1. The van der Waals surface area contributed by atoms with Crippen molar-refractivity contribution in [1.29, 1.82) is 0 Å². The van der Waals surface area contributed by atoms with E-state index in [1.807, 2.05) is 6.92 Å². The molecule has 4 N–H and O–H groups in total. The van der Waals surface area contributed by atoms with Gasteiger partial charge in [0.15, 0.2) is 6.10 Å². The molecule has 0 spiro atoms. The molecule has 7 heteroatoms. The number of amides is 2. The lowest BCUT2D eigenvalue weighted by atomic mass is 10.00. The minimum absolute atomic E-state index is 0.176. The van der Waals surface area contributed by atoms with Crippen molar-refractivity contribution >= 4 is 12.0 Å². The quantitative estimate of drug-likeness (QED) is 0.517. The molecule has 1 heterocycles. The second-order valence-corrected chi connectivity index (χ2v) is 4.31. The van der Waals surface area contributed by atoms with Gasteiger partial charge >= 0.3 is 12.0 Å². The largest absolute Gasteiger partial charge is 0.479 e. The SMILES string of the molecule is CCC1OCCC1CNC(=O)NCC(O)C(=O)O. The van der Waals surface area contributed by atoms with Crippen molar-refractivity contribution in [2.45, 2.75) is 32.0 Å². The molecule has 3 atom stereocenters. The molecule has 0 saturated carbocycles. The maximum atomic E-state index is 11.4. The van der Waals surface area contributed by atoms with Crippen LogP contribution in [-0.4, -0.2) is 54.1 Å². The second kappa shape index (κ2) is 7.17. The van der Waals surface area contributed by atoms with Crippen molar-refractivity contribution in [2.75, 3.05) is 19.7 Å². The topological polar surface area (TPSA) is 108 Å². The van der Waals surface area contributed by atoms with Gasteiger partial charge in [-0.05, 0) is 12.8 Å². The first-order valence-corrected chi connectivity index (χ1v) is 6.08. The zero-order valence-electron chi connectivity index (χ0n) is 10.4. The summed E-state index contributed by atoms with van der Waals surface area (Å²) in [5.74, 6) is -1.06. The van der Waals surface area contributed by atoms with Gasteiger partial charge < -0.3 is 25.6 Å². The van der Waals surface area contributed by atoms with Gasteiger partial charge in [0.05, 0.1) is 12.6 Å². The van der Waals surface area contributed by atoms with Crippen LogP contribution < -0.4 is 10.6 Å². The highest BCUT2D eigenvalue weighted by Crippen LogP contribution is 2.22. The summed E-state index contributed by atoms with van der Waals surface area (Å²) >= 11 is 0. The van der Waals surface area contributed by atoms with E-state index in [1.165, 1.54) is 0 Å². The molecule has 18 heavy (non-hydrogen) atoms. The van der Waals surface area contributed by atoms with Crippen LogP contribution in [-0.2, 0) is 9.53 Å². The normalized spacial score (nSPS) is 24.6. The summed E-state index contributed by atoms with van der Waals surface area (Å²) < 4.78 is 5.49. The van der Waals surface area contributed by atoms with E-state index in [4.69, 9.17) is 14.9 Å². The molecule has 2 amide bonds. The first kappa shape index (κ1) is 14.7. The average molecular weight is 260 g/mol. The highest BCUT2D eigenvalue weighted by Gasteiger charge is 2.26.